The second kappa shape index (κ2) is 9.54. The van der Waals surface area contributed by atoms with Crippen LogP contribution in [0.25, 0.3) is 6.08 Å². The van der Waals surface area contributed by atoms with Crippen molar-refractivity contribution < 1.29 is 14.3 Å². The topological polar surface area (TPSA) is 78.3 Å². The number of nitrogens with one attached hydrogen (secondary N) is 1. The molecule has 1 aromatic heterocycles. The van der Waals surface area contributed by atoms with E-state index in [0.717, 1.165) is 11.1 Å². The molecule has 0 aliphatic heterocycles. The van der Waals surface area contributed by atoms with Gasteiger partial charge in [0.05, 0.1) is 19.8 Å². The van der Waals surface area contributed by atoms with Gasteiger partial charge in [-0.2, -0.15) is 0 Å². The monoisotopic (exact) mass is 392 g/mol. The standard InChI is InChI=1S/C22H24N4O3/c1-16(2)29-19-11-9-17(13-20(19)28-3)10-12-21(27)24-22-23-15-26(25-22)14-18-7-5-4-6-8-18/h4-13,15-16H,14H2,1-3H3,(H,24,25,27)/b12-10+. The number of hydrogen-bond acceptors (Lipinski definition) is 5. The van der Waals surface area contributed by atoms with Crippen LogP contribution in [0.1, 0.15) is 25.0 Å². The van der Waals surface area contributed by atoms with Crippen LogP contribution in [0.5, 0.6) is 11.5 Å². The van der Waals surface area contributed by atoms with Crippen LogP contribution in [0, 0.1) is 0 Å². The van der Waals surface area contributed by atoms with E-state index in [9.17, 15) is 4.79 Å². The van der Waals surface area contributed by atoms with Crippen LogP contribution < -0.4 is 14.8 Å². The maximum Gasteiger partial charge on any atom is 0.250 e. The van der Waals surface area contributed by atoms with Gasteiger partial charge in [-0.15, -0.1) is 5.10 Å². The molecule has 1 N–H and O–H groups in total. The van der Waals surface area contributed by atoms with Crippen molar-refractivity contribution in [2.75, 3.05) is 12.4 Å². The highest BCUT2D eigenvalue weighted by molar-refractivity contribution is 6.00. The molecule has 0 unspecified atom stereocenters. The summed E-state index contributed by atoms with van der Waals surface area (Å²) in [5.74, 6) is 1.22. The predicted molar refractivity (Wildman–Crippen MR) is 112 cm³/mol. The van der Waals surface area contributed by atoms with E-state index in [4.69, 9.17) is 9.47 Å². The zero-order valence-electron chi connectivity index (χ0n) is 16.7. The lowest BCUT2D eigenvalue weighted by Crippen LogP contribution is -2.10. The minimum absolute atomic E-state index is 0.0465. The van der Waals surface area contributed by atoms with Gasteiger partial charge in [0, 0.05) is 6.08 Å². The molecule has 0 saturated heterocycles. The van der Waals surface area contributed by atoms with E-state index in [-0.39, 0.29) is 18.0 Å². The minimum atomic E-state index is -0.316. The zero-order chi connectivity index (χ0) is 20.6. The van der Waals surface area contributed by atoms with Gasteiger partial charge in [-0.05, 0) is 43.2 Å². The molecule has 0 bridgehead atoms. The van der Waals surface area contributed by atoms with Crippen molar-refractivity contribution in [2.24, 2.45) is 0 Å². The van der Waals surface area contributed by atoms with E-state index in [1.807, 2.05) is 62.4 Å². The number of anilines is 1. The second-order valence-electron chi connectivity index (χ2n) is 6.65. The van der Waals surface area contributed by atoms with Crippen molar-refractivity contribution in [1.29, 1.82) is 0 Å². The maximum absolute atomic E-state index is 12.2. The Bertz CT molecular complexity index is 981. The summed E-state index contributed by atoms with van der Waals surface area (Å²) in [7, 11) is 1.58. The van der Waals surface area contributed by atoms with Crippen molar-refractivity contribution in [3.63, 3.8) is 0 Å². The number of hydrogen-bond donors (Lipinski definition) is 1. The molecule has 0 spiro atoms. The molecular formula is C22H24N4O3. The molecule has 3 rings (SSSR count). The summed E-state index contributed by atoms with van der Waals surface area (Å²) in [6, 6.07) is 15.4. The lowest BCUT2D eigenvalue weighted by Gasteiger charge is -2.13. The van der Waals surface area contributed by atoms with Crippen molar-refractivity contribution in [3.8, 4) is 11.5 Å². The third-order valence-corrected chi connectivity index (χ3v) is 3.94. The summed E-state index contributed by atoms with van der Waals surface area (Å²) >= 11 is 0. The van der Waals surface area contributed by atoms with Crippen LogP contribution in [0.3, 0.4) is 0 Å². The normalized spacial score (nSPS) is 11.0. The number of aromatic nitrogens is 3. The first-order valence-electron chi connectivity index (χ1n) is 9.30. The molecule has 0 aliphatic carbocycles. The highest BCUT2D eigenvalue weighted by atomic mass is 16.5. The summed E-state index contributed by atoms with van der Waals surface area (Å²) in [5, 5.41) is 6.93. The number of amides is 1. The summed E-state index contributed by atoms with van der Waals surface area (Å²) < 4.78 is 12.7. The van der Waals surface area contributed by atoms with Crippen molar-refractivity contribution >= 4 is 17.9 Å². The van der Waals surface area contributed by atoms with Gasteiger partial charge in [0.2, 0.25) is 5.95 Å². The van der Waals surface area contributed by atoms with Gasteiger partial charge in [-0.25, -0.2) is 9.67 Å². The molecule has 0 radical (unpaired) electrons. The molecule has 0 aliphatic rings. The largest absolute Gasteiger partial charge is 0.493 e. The van der Waals surface area contributed by atoms with E-state index >= 15 is 0 Å². The average molecular weight is 392 g/mol. The Labute approximate surface area is 170 Å². The lowest BCUT2D eigenvalue weighted by molar-refractivity contribution is -0.111. The van der Waals surface area contributed by atoms with E-state index in [1.165, 1.54) is 6.08 Å². The molecule has 1 amide bonds. The third kappa shape index (κ3) is 5.93. The number of nitrogens with zero attached hydrogens (tertiary/aromatic N) is 3. The van der Waals surface area contributed by atoms with Gasteiger partial charge in [0.1, 0.15) is 6.33 Å². The van der Waals surface area contributed by atoms with Crippen LogP contribution in [-0.4, -0.2) is 33.9 Å². The second-order valence-corrected chi connectivity index (χ2v) is 6.65. The third-order valence-electron chi connectivity index (χ3n) is 3.94. The zero-order valence-corrected chi connectivity index (χ0v) is 16.7. The number of carbonyl (C=O) groups excluding carboxylic acids is 1. The number of ether oxygens (including phenoxy) is 2. The molecule has 2 aromatic carbocycles. The first-order valence-corrected chi connectivity index (χ1v) is 9.30. The number of benzene rings is 2. The lowest BCUT2D eigenvalue weighted by atomic mass is 10.2. The molecule has 7 heteroatoms. The number of carbonyl (C=O) groups is 1. The highest BCUT2D eigenvalue weighted by Gasteiger charge is 2.08. The van der Waals surface area contributed by atoms with Crippen molar-refractivity contribution in [1.82, 2.24) is 14.8 Å². The molecule has 7 nitrogen and oxygen atoms in total. The van der Waals surface area contributed by atoms with E-state index in [0.29, 0.717) is 18.0 Å². The Morgan fingerprint density at radius 3 is 2.69 bits per heavy atom. The quantitative estimate of drug-likeness (QED) is 0.591. The van der Waals surface area contributed by atoms with E-state index < -0.39 is 0 Å². The molecule has 3 aromatic rings. The first-order chi connectivity index (χ1) is 14.0. The van der Waals surface area contributed by atoms with Gasteiger partial charge in [-0.3, -0.25) is 10.1 Å². The van der Waals surface area contributed by atoms with E-state index in [1.54, 1.807) is 24.2 Å². The van der Waals surface area contributed by atoms with Crippen molar-refractivity contribution in [3.05, 3.63) is 72.1 Å². The summed E-state index contributed by atoms with van der Waals surface area (Å²) in [6.07, 6.45) is 4.75. The van der Waals surface area contributed by atoms with Gasteiger partial charge in [-0.1, -0.05) is 36.4 Å². The van der Waals surface area contributed by atoms with E-state index in [2.05, 4.69) is 15.4 Å². The molecule has 0 fully saturated rings. The predicted octanol–water partition coefficient (Wildman–Crippen LogP) is 3.77. The van der Waals surface area contributed by atoms with Gasteiger partial charge in [0.15, 0.2) is 11.5 Å². The molecular weight excluding hydrogens is 368 g/mol. The summed E-state index contributed by atoms with van der Waals surface area (Å²) in [5.41, 5.74) is 1.92. The fourth-order valence-electron chi connectivity index (χ4n) is 2.66. The first kappa shape index (κ1) is 20.1. The Hall–Kier alpha value is -3.61. The Kier molecular flexibility index (Phi) is 6.63. The molecule has 0 saturated carbocycles. The Balaban J connectivity index is 1.60. The average Bonchev–Trinajstić information content (AvgIpc) is 3.14. The highest BCUT2D eigenvalue weighted by Crippen LogP contribution is 2.29. The molecule has 0 atom stereocenters. The van der Waals surface area contributed by atoms with Crippen LogP contribution in [0.4, 0.5) is 5.95 Å². The fourth-order valence-corrected chi connectivity index (χ4v) is 2.66. The van der Waals surface area contributed by atoms with Gasteiger partial charge >= 0.3 is 0 Å². The van der Waals surface area contributed by atoms with Crippen LogP contribution in [0.2, 0.25) is 0 Å². The summed E-state index contributed by atoms with van der Waals surface area (Å²) in [6.45, 7) is 4.49. The van der Waals surface area contributed by atoms with Crippen LogP contribution in [0.15, 0.2) is 60.9 Å². The van der Waals surface area contributed by atoms with Gasteiger partial charge < -0.3 is 9.47 Å². The fraction of sp³-hybridized carbons (Fsp3) is 0.227. The smallest absolute Gasteiger partial charge is 0.250 e. The molecule has 150 valence electrons. The van der Waals surface area contributed by atoms with Gasteiger partial charge in [0.25, 0.3) is 5.91 Å². The number of methoxy groups -OCH3 is 1. The van der Waals surface area contributed by atoms with Crippen LogP contribution >= 0.6 is 0 Å². The summed E-state index contributed by atoms with van der Waals surface area (Å²) in [4.78, 5) is 16.3. The van der Waals surface area contributed by atoms with Crippen molar-refractivity contribution in [2.45, 2.75) is 26.5 Å². The van der Waals surface area contributed by atoms with Crippen LogP contribution in [-0.2, 0) is 11.3 Å². The Morgan fingerprint density at radius 2 is 1.97 bits per heavy atom. The molecule has 1 heterocycles. The Morgan fingerprint density at radius 1 is 1.17 bits per heavy atom. The molecule has 29 heavy (non-hydrogen) atoms. The SMILES string of the molecule is COc1cc(/C=C/C(=O)Nc2ncn(Cc3ccccc3)n2)ccc1OC(C)C. The number of rotatable bonds is 8. The maximum atomic E-state index is 12.2. The minimum Gasteiger partial charge on any atom is -0.493 e.